The number of likely N-dealkylation sites (tertiary alicyclic amines) is 1. The summed E-state index contributed by atoms with van der Waals surface area (Å²) < 4.78 is 0. The van der Waals surface area contributed by atoms with Crippen molar-refractivity contribution in [3.8, 4) is 0 Å². The van der Waals surface area contributed by atoms with E-state index in [4.69, 9.17) is 23.2 Å². The van der Waals surface area contributed by atoms with E-state index in [0.29, 0.717) is 16.5 Å². The summed E-state index contributed by atoms with van der Waals surface area (Å²) in [5.74, 6) is 0.118. The summed E-state index contributed by atoms with van der Waals surface area (Å²) in [6, 6.07) is 5.58. The first-order valence-corrected chi connectivity index (χ1v) is 9.36. The molecule has 1 aliphatic heterocycles. The molecule has 0 radical (unpaired) electrons. The molecule has 0 bridgehead atoms. The molecule has 1 aromatic carbocycles. The molecule has 1 amide bonds. The van der Waals surface area contributed by atoms with Gasteiger partial charge in [0.05, 0.1) is 16.5 Å². The third-order valence-electron chi connectivity index (χ3n) is 4.83. The highest BCUT2D eigenvalue weighted by Crippen LogP contribution is 2.27. The summed E-state index contributed by atoms with van der Waals surface area (Å²) in [7, 11) is 1.92. The number of hydrogen-bond acceptors (Lipinski definition) is 2. The van der Waals surface area contributed by atoms with Gasteiger partial charge in [-0.05, 0) is 49.0 Å². The molecular formula is C19H28Cl2N2O. The Kier molecular flexibility index (Phi) is 6.58. The number of rotatable bonds is 5. The summed E-state index contributed by atoms with van der Waals surface area (Å²) in [5, 5.41) is 1.01. The predicted octanol–water partition coefficient (Wildman–Crippen LogP) is 4.50. The van der Waals surface area contributed by atoms with Crippen LogP contribution in [0.1, 0.15) is 39.2 Å². The van der Waals surface area contributed by atoms with Gasteiger partial charge in [0, 0.05) is 19.6 Å². The maximum atomic E-state index is 12.8. The molecule has 0 aliphatic carbocycles. The second-order valence-corrected chi connectivity index (χ2v) is 8.63. The van der Waals surface area contributed by atoms with Crippen LogP contribution in [0.25, 0.3) is 0 Å². The lowest BCUT2D eigenvalue weighted by Gasteiger charge is -2.40. The Balaban J connectivity index is 2.07. The van der Waals surface area contributed by atoms with Crippen LogP contribution in [0.5, 0.6) is 0 Å². The Morgan fingerprint density at radius 2 is 1.83 bits per heavy atom. The first kappa shape index (κ1) is 19.6. The second-order valence-electron chi connectivity index (χ2n) is 7.82. The van der Waals surface area contributed by atoms with Crippen LogP contribution in [0, 0.1) is 5.41 Å². The number of nitrogens with zero attached hydrogens (tertiary/aromatic N) is 2. The minimum Gasteiger partial charge on any atom is -0.341 e. The lowest BCUT2D eigenvalue weighted by molar-refractivity contribution is -0.133. The van der Waals surface area contributed by atoms with Crippen LogP contribution in [0.2, 0.25) is 10.0 Å². The van der Waals surface area contributed by atoms with Crippen LogP contribution >= 0.6 is 23.2 Å². The molecule has 5 heteroatoms. The van der Waals surface area contributed by atoms with Gasteiger partial charge >= 0.3 is 0 Å². The van der Waals surface area contributed by atoms with E-state index in [1.807, 2.05) is 18.0 Å². The van der Waals surface area contributed by atoms with Crippen LogP contribution in [0.15, 0.2) is 18.2 Å². The van der Waals surface area contributed by atoms with Crippen LogP contribution in [-0.2, 0) is 11.2 Å². The molecule has 0 saturated carbocycles. The smallest absolute Gasteiger partial charge is 0.227 e. The van der Waals surface area contributed by atoms with E-state index in [0.717, 1.165) is 25.2 Å². The molecule has 0 unspecified atom stereocenters. The second kappa shape index (κ2) is 8.07. The lowest BCUT2D eigenvalue weighted by Crippen LogP contribution is -2.51. The van der Waals surface area contributed by atoms with Crippen molar-refractivity contribution in [2.75, 3.05) is 26.7 Å². The fourth-order valence-electron chi connectivity index (χ4n) is 3.31. The number of amides is 1. The summed E-state index contributed by atoms with van der Waals surface area (Å²) >= 11 is 12.0. The molecule has 24 heavy (non-hydrogen) atoms. The zero-order chi connectivity index (χ0) is 17.9. The van der Waals surface area contributed by atoms with Crippen molar-refractivity contribution in [1.82, 2.24) is 9.80 Å². The van der Waals surface area contributed by atoms with E-state index in [-0.39, 0.29) is 17.4 Å². The largest absolute Gasteiger partial charge is 0.341 e. The summed E-state index contributed by atoms with van der Waals surface area (Å²) in [4.78, 5) is 17.2. The topological polar surface area (TPSA) is 23.6 Å². The Bertz CT molecular complexity index is 577. The maximum Gasteiger partial charge on any atom is 0.227 e. The molecular weight excluding hydrogens is 343 g/mol. The average Bonchev–Trinajstić information content (AvgIpc) is 3.00. The van der Waals surface area contributed by atoms with Crippen LogP contribution in [-0.4, -0.2) is 48.4 Å². The van der Waals surface area contributed by atoms with Crippen molar-refractivity contribution in [2.24, 2.45) is 5.41 Å². The third kappa shape index (κ3) is 5.11. The van der Waals surface area contributed by atoms with Gasteiger partial charge in [-0.3, -0.25) is 4.79 Å². The summed E-state index contributed by atoms with van der Waals surface area (Å²) in [6.07, 6.45) is 2.87. The molecule has 1 heterocycles. The highest BCUT2D eigenvalue weighted by atomic mass is 35.5. The highest BCUT2D eigenvalue weighted by molar-refractivity contribution is 6.42. The minimum absolute atomic E-state index is 0.0324. The normalized spacial score (nSPS) is 17.1. The molecule has 3 nitrogen and oxygen atoms in total. The van der Waals surface area contributed by atoms with Crippen molar-refractivity contribution < 1.29 is 4.79 Å². The van der Waals surface area contributed by atoms with Crippen molar-refractivity contribution in [3.05, 3.63) is 33.8 Å². The first-order chi connectivity index (χ1) is 11.2. The van der Waals surface area contributed by atoms with E-state index in [9.17, 15) is 4.79 Å². The van der Waals surface area contributed by atoms with Gasteiger partial charge < -0.3 is 9.80 Å². The molecule has 1 saturated heterocycles. The Hall–Kier alpha value is -0.770. The number of halogens is 2. The van der Waals surface area contributed by atoms with E-state index in [1.165, 1.54) is 12.8 Å². The highest BCUT2D eigenvalue weighted by Gasteiger charge is 2.33. The SMILES string of the molecule is CN(C(=O)Cc1ccc(Cl)c(Cl)c1)[C@@H](CN1CCCC1)C(C)(C)C. The molecule has 0 spiro atoms. The Labute approximate surface area is 155 Å². The molecule has 1 atom stereocenters. The number of carbonyl (C=O) groups is 1. The fraction of sp³-hybridized carbons (Fsp3) is 0.632. The maximum absolute atomic E-state index is 12.8. The quantitative estimate of drug-likeness (QED) is 0.761. The van der Waals surface area contributed by atoms with E-state index in [2.05, 4.69) is 25.7 Å². The van der Waals surface area contributed by atoms with E-state index in [1.54, 1.807) is 12.1 Å². The standard InChI is InChI=1S/C19H28Cl2N2O/c1-19(2,3)17(13-23-9-5-6-10-23)22(4)18(24)12-14-7-8-15(20)16(21)11-14/h7-8,11,17H,5-6,9-10,12-13H2,1-4H3/t17-/m0/s1. The monoisotopic (exact) mass is 370 g/mol. The third-order valence-corrected chi connectivity index (χ3v) is 5.57. The summed E-state index contributed by atoms with van der Waals surface area (Å²) in [6.45, 7) is 9.83. The van der Waals surface area contributed by atoms with Gasteiger partial charge in [0.1, 0.15) is 0 Å². The zero-order valence-corrected chi connectivity index (χ0v) is 16.6. The van der Waals surface area contributed by atoms with E-state index >= 15 is 0 Å². The van der Waals surface area contributed by atoms with Crippen molar-refractivity contribution in [1.29, 1.82) is 0 Å². The molecule has 2 rings (SSSR count). The molecule has 1 aliphatic rings. The van der Waals surface area contributed by atoms with Gasteiger partial charge in [-0.2, -0.15) is 0 Å². The molecule has 0 N–H and O–H groups in total. The van der Waals surface area contributed by atoms with Gasteiger partial charge in [-0.25, -0.2) is 0 Å². The van der Waals surface area contributed by atoms with Gasteiger partial charge in [-0.15, -0.1) is 0 Å². The van der Waals surface area contributed by atoms with E-state index < -0.39 is 0 Å². The van der Waals surface area contributed by atoms with Crippen LogP contribution in [0.4, 0.5) is 0 Å². The predicted molar refractivity (Wildman–Crippen MR) is 102 cm³/mol. The fourth-order valence-corrected chi connectivity index (χ4v) is 3.63. The molecule has 134 valence electrons. The van der Waals surface area contributed by atoms with Crippen LogP contribution < -0.4 is 0 Å². The van der Waals surface area contributed by atoms with Crippen molar-refractivity contribution >= 4 is 29.1 Å². The van der Waals surface area contributed by atoms with Crippen LogP contribution in [0.3, 0.4) is 0 Å². The molecule has 1 fully saturated rings. The van der Waals surface area contributed by atoms with Crippen molar-refractivity contribution in [3.63, 3.8) is 0 Å². The Morgan fingerprint density at radius 3 is 2.38 bits per heavy atom. The van der Waals surface area contributed by atoms with Gasteiger partial charge in [-0.1, -0.05) is 50.0 Å². The summed E-state index contributed by atoms with van der Waals surface area (Å²) in [5.41, 5.74) is 0.931. The first-order valence-electron chi connectivity index (χ1n) is 8.60. The van der Waals surface area contributed by atoms with Crippen molar-refractivity contribution in [2.45, 2.75) is 46.1 Å². The lowest BCUT2D eigenvalue weighted by atomic mass is 9.85. The molecule has 1 aromatic rings. The van der Waals surface area contributed by atoms with Gasteiger partial charge in [0.25, 0.3) is 0 Å². The number of benzene rings is 1. The number of carbonyl (C=O) groups excluding carboxylic acids is 1. The van der Waals surface area contributed by atoms with Gasteiger partial charge in [0.15, 0.2) is 0 Å². The minimum atomic E-state index is 0.0324. The zero-order valence-electron chi connectivity index (χ0n) is 15.1. The number of hydrogen-bond donors (Lipinski definition) is 0. The number of likely N-dealkylation sites (N-methyl/N-ethyl adjacent to an activating group) is 1. The average molecular weight is 371 g/mol. The van der Waals surface area contributed by atoms with Gasteiger partial charge in [0.2, 0.25) is 5.91 Å². The Morgan fingerprint density at radius 1 is 1.21 bits per heavy atom. The molecule has 0 aromatic heterocycles.